The molecule has 4 N–H and O–H groups in total. The fourth-order valence-electron chi connectivity index (χ4n) is 2.12. The van der Waals surface area contributed by atoms with Crippen molar-refractivity contribution in [3.8, 4) is 12.3 Å². The number of thiazole rings is 1. The smallest absolute Gasteiger partial charge is 0.321 e. The first-order valence-corrected chi connectivity index (χ1v) is 8.67. The molecule has 1 atom stereocenters. The Morgan fingerprint density at radius 2 is 2.04 bits per heavy atom. The molecular weight excluding hydrogens is 362 g/mol. The minimum absolute atomic E-state index is 0.359. The summed E-state index contributed by atoms with van der Waals surface area (Å²) in [7, 11) is 0. The van der Waals surface area contributed by atoms with E-state index >= 15 is 0 Å². The summed E-state index contributed by atoms with van der Waals surface area (Å²) in [5, 5.41) is 25.7. The third kappa shape index (κ3) is 4.50. The van der Waals surface area contributed by atoms with Gasteiger partial charge in [0.15, 0.2) is 5.13 Å². The zero-order valence-corrected chi connectivity index (χ0v) is 15.1. The van der Waals surface area contributed by atoms with E-state index in [9.17, 15) is 4.79 Å². The van der Waals surface area contributed by atoms with Crippen molar-refractivity contribution in [1.82, 2.24) is 10.3 Å². The predicted octanol–water partition coefficient (Wildman–Crippen LogP) is 2.21. The molecule has 0 aliphatic heterocycles. The molecule has 1 aromatic carbocycles. The lowest BCUT2D eigenvalue weighted by atomic mass is 9.81. The maximum Gasteiger partial charge on any atom is 0.321 e. The number of carbonyl (C=O) groups is 1. The number of aliphatic hydroxyl groups is 2. The highest BCUT2D eigenvalue weighted by Crippen LogP contribution is 2.33. The number of hydrogen-bond donors (Lipinski definition) is 4. The largest absolute Gasteiger partial charge is 0.394 e. The van der Waals surface area contributed by atoms with Crippen molar-refractivity contribution in [3.05, 3.63) is 45.9 Å². The van der Waals surface area contributed by atoms with Crippen molar-refractivity contribution in [3.63, 3.8) is 0 Å². The lowest BCUT2D eigenvalue weighted by Crippen LogP contribution is -2.42. The van der Waals surface area contributed by atoms with Gasteiger partial charge in [0.25, 0.3) is 0 Å². The number of urea groups is 1. The van der Waals surface area contributed by atoms with Crippen LogP contribution in [0.1, 0.15) is 18.2 Å². The van der Waals surface area contributed by atoms with Gasteiger partial charge in [-0.05, 0) is 24.6 Å². The Labute approximate surface area is 154 Å². The molecule has 0 saturated heterocycles. The minimum atomic E-state index is -0.768. The summed E-state index contributed by atoms with van der Waals surface area (Å²) in [5.74, 6) is 2.75. The van der Waals surface area contributed by atoms with Crippen LogP contribution in [0.15, 0.2) is 29.6 Å². The third-order valence-electron chi connectivity index (χ3n) is 3.72. The average molecular weight is 380 g/mol. The first-order chi connectivity index (χ1) is 11.9. The number of terminal acetylenes is 1. The zero-order chi connectivity index (χ0) is 18.4. The molecule has 2 amide bonds. The fraction of sp³-hybridized carbons (Fsp3) is 0.294. The van der Waals surface area contributed by atoms with Crippen molar-refractivity contribution in [1.29, 1.82) is 0 Å². The maximum absolute atomic E-state index is 11.8. The van der Waals surface area contributed by atoms with Crippen molar-refractivity contribution >= 4 is 34.1 Å². The quantitative estimate of drug-likeness (QED) is 0.579. The number of rotatable bonds is 6. The van der Waals surface area contributed by atoms with Crippen LogP contribution in [0.25, 0.3) is 0 Å². The van der Waals surface area contributed by atoms with Crippen molar-refractivity contribution in [2.24, 2.45) is 0 Å². The van der Waals surface area contributed by atoms with Crippen LogP contribution in [0.4, 0.5) is 9.93 Å². The van der Waals surface area contributed by atoms with E-state index in [0.29, 0.717) is 15.8 Å². The van der Waals surface area contributed by atoms with Crippen LogP contribution in [0.5, 0.6) is 0 Å². The Bertz CT molecular complexity index is 768. The number of anilines is 1. The van der Waals surface area contributed by atoms with Crippen LogP contribution in [-0.4, -0.2) is 40.5 Å². The molecule has 1 aromatic heterocycles. The van der Waals surface area contributed by atoms with Gasteiger partial charge >= 0.3 is 6.03 Å². The van der Waals surface area contributed by atoms with Gasteiger partial charge < -0.3 is 15.5 Å². The molecule has 0 saturated carbocycles. The number of carbonyl (C=O) groups excluding carboxylic acids is 1. The Hall–Kier alpha value is -2.11. The second-order valence-electron chi connectivity index (χ2n) is 5.47. The monoisotopic (exact) mass is 379 g/mol. The Morgan fingerprint density at radius 1 is 1.40 bits per heavy atom. The van der Waals surface area contributed by atoms with Crippen molar-refractivity contribution < 1.29 is 15.0 Å². The molecule has 2 aromatic rings. The van der Waals surface area contributed by atoms with E-state index in [1.54, 1.807) is 17.5 Å². The number of aliphatic hydroxyl groups excluding tert-OH is 2. The van der Waals surface area contributed by atoms with Gasteiger partial charge in [0, 0.05) is 10.4 Å². The number of benzene rings is 1. The summed E-state index contributed by atoms with van der Waals surface area (Å²) >= 11 is 7.15. The molecule has 6 nitrogen and oxygen atoms in total. The summed E-state index contributed by atoms with van der Waals surface area (Å²) in [6.07, 6.45) is 5.75. The number of amides is 2. The van der Waals surface area contributed by atoms with Crippen molar-refractivity contribution in [2.75, 3.05) is 18.5 Å². The lowest BCUT2D eigenvalue weighted by Gasteiger charge is -2.22. The summed E-state index contributed by atoms with van der Waals surface area (Å²) < 4.78 is 0. The molecule has 0 fully saturated rings. The summed E-state index contributed by atoms with van der Waals surface area (Å²) in [4.78, 5) is 16.2. The SMILES string of the molecule is C#C[C@](C)(c1ccc(Cl)cc1)c1csc(NC(=O)NC(CO)CO)n1. The van der Waals surface area contributed by atoms with Gasteiger partial charge in [-0.3, -0.25) is 5.32 Å². The van der Waals surface area contributed by atoms with Crippen LogP contribution in [0.2, 0.25) is 5.02 Å². The highest BCUT2D eigenvalue weighted by Gasteiger charge is 2.29. The first-order valence-electron chi connectivity index (χ1n) is 7.42. The third-order valence-corrected chi connectivity index (χ3v) is 4.73. The number of halogens is 1. The van der Waals surface area contributed by atoms with E-state index in [1.165, 1.54) is 11.3 Å². The number of nitrogens with one attached hydrogen (secondary N) is 2. The second kappa shape index (κ2) is 8.32. The summed E-state index contributed by atoms with van der Waals surface area (Å²) in [5.41, 5.74) is 0.718. The van der Waals surface area contributed by atoms with Crippen LogP contribution in [0.3, 0.4) is 0 Å². The van der Waals surface area contributed by atoms with Crippen LogP contribution in [0, 0.1) is 12.3 Å². The average Bonchev–Trinajstić information content (AvgIpc) is 3.08. The Balaban J connectivity index is 2.17. The number of nitrogens with zero attached hydrogens (tertiary/aromatic N) is 1. The van der Waals surface area contributed by atoms with Gasteiger partial charge in [-0.1, -0.05) is 29.7 Å². The van der Waals surface area contributed by atoms with E-state index in [0.717, 1.165) is 5.56 Å². The molecule has 8 heteroatoms. The molecule has 25 heavy (non-hydrogen) atoms. The van der Waals surface area contributed by atoms with E-state index in [2.05, 4.69) is 21.5 Å². The highest BCUT2D eigenvalue weighted by atomic mass is 35.5. The maximum atomic E-state index is 11.8. The lowest BCUT2D eigenvalue weighted by molar-refractivity contribution is 0.172. The molecule has 0 bridgehead atoms. The molecule has 0 aliphatic rings. The van der Waals surface area contributed by atoms with E-state index < -0.39 is 17.5 Å². The van der Waals surface area contributed by atoms with Gasteiger partial charge in [-0.2, -0.15) is 0 Å². The van der Waals surface area contributed by atoms with Gasteiger partial charge in [0.2, 0.25) is 0 Å². The zero-order valence-electron chi connectivity index (χ0n) is 13.5. The topological polar surface area (TPSA) is 94.5 Å². The molecule has 0 unspecified atom stereocenters. The van der Waals surface area contributed by atoms with E-state index in [-0.39, 0.29) is 13.2 Å². The van der Waals surface area contributed by atoms with E-state index in [4.69, 9.17) is 28.2 Å². The fourth-order valence-corrected chi connectivity index (χ4v) is 3.06. The van der Waals surface area contributed by atoms with Gasteiger partial charge in [-0.25, -0.2) is 9.78 Å². The summed E-state index contributed by atoms with van der Waals surface area (Å²) in [6, 6.07) is 5.90. The first kappa shape index (κ1) is 19.2. The van der Waals surface area contributed by atoms with E-state index in [1.807, 2.05) is 19.1 Å². The molecule has 132 valence electrons. The second-order valence-corrected chi connectivity index (χ2v) is 6.77. The van der Waals surface area contributed by atoms with Gasteiger partial charge in [-0.15, -0.1) is 17.8 Å². The highest BCUT2D eigenvalue weighted by molar-refractivity contribution is 7.14. The minimum Gasteiger partial charge on any atom is -0.394 e. The van der Waals surface area contributed by atoms with Crippen LogP contribution < -0.4 is 10.6 Å². The number of aromatic nitrogens is 1. The predicted molar refractivity (Wildman–Crippen MR) is 99.0 cm³/mol. The van der Waals surface area contributed by atoms with Gasteiger partial charge in [0.05, 0.1) is 30.4 Å². The molecule has 1 heterocycles. The normalized spacial score (nSPS) is 13.1. The Kier molecular flexibility index (Phi) is 6.39. The molecular formula is C17H18ClN3O3S. The summed E-state index contributed by atoms with van der Waals surface area (Å²) in [6.45, 7) is 1.14. The number of hydrogen-bond acceptors (Lipinski definition) is 5. The van der Waals surface area contributed by atoms with Crippen LogP contribution >= 0.6 is 22.9 Å². The molecule has 0 radical (unpaired) electrons. The molecule has 0 aliphatic carbocycles. The molecule has 2 rings (SSSR count). The standard InChI is InChI=1S/C17H18ClN3O3S/c1-3-17(2,11-4-6-12(18)7-5-11)14-10-25-16(20-14)21-15(24)19-13(8-22)9-23/h1,4-7,10,13,22-23H,8-9H2,2H3,(H2,19,20,21,24)/t17-/m1/s1. The van der Waals surface area contributed by atoms with Crippen LogP contribution in [-0.2, 0) is 5.41 Å². The molecule has 0 spiro atoms. The van der Waals surface area contributed by atoms with Gasteiger partial charge in [0.1, 0.15) is 0 Å². The van der Waals surface area contributed by atoms with Crippen molar-refractivity contribution in [2.45, 2.75) is 18.4 Å². The Morgan fingerprint density at radius 3 is 2.60 bits per heavy atom.